The highest BCUT2D eigenvalue weighted by molar-refractivity contribution is 5.96. The van der Waals surface area contributed by atoms with Crippen LogP contribution in [0.2, 0.25) is 0 Å². The molecule has 4 nitrogen and oxygen atoms in total. The van der Waals surface area contributed by atoms with Gasteiger partial charge in [-0.05, 0) is 45.2 Å². The van der Waals surface area contributed by atoms with E-state index in [1.54, 1.807) is 0 Å². The first-order chi connectivity index (χ1) is 8.91. The first kappa shape index (κ1) is 14.1. The van der Waals surface area contributed by atoms with Crippen LogP contribution < -0.4 is 5.73 Å². The summed E-state index contributed by atoms with van der Waals surface area (Å²) in [6, 6.07) is 2.01. The smallest absolute Gasteiger partial charge is 0.255 e. The monoisotopic (exact) mass is 263 g/mol. The maximum atomic E-state index is 12.6. The third-order valence-corrected chi connectivity index (χ3v) is 4.46. The number of rotatable bonds is 3. The molecule has 1 fully saturated rings. The number of carbonyl (C=O) groups is 1. The first-order valence-corrected chi connectivity index (χ1v) is 7.08. The number of likely N-dealkylation sites (tertiary alicyclic amines) is 1. The molecule has 0 aromatic carbocycles. The Hall–Kier alpha value is -1.29. The van der Waals surface area contributed by atoms with Crippen LogP contribution in [-0.2, 0) is 6.54 Å². The molecule has 0 bridgehead atoms. The Balaban J connectivity index is 2.22. The minimum Gasteiger partial charge on any atom is -0.349 e. The number of carbonyl (C=O) groups excluding carboxylic acids is 1. The van der Waals surface area contributed by atoms with Crippen molar-refractivity contribution in [3.05, 3.63) is 23.0 Å². The van der Waals surface area contributed by atoms with Gasteiger partial charge in [0.15, 0.2) is 0 Å². The molecule has 106 valence electrons. The van der Waals surface area contributed by atoms with Crippen LogP contribution in [0.3, 0.4) is 0 Å². The molecule has 0 aliphatic carbocycles. The minimum absolute atomic E-state index is 0.0892. The van der Waals surface area contributed by atoms with Crippen LogP contribution in [0.4, 0.5) is 0 Å². The summed E-state index contributed by atoms with van der Waals surface area (Å²) in [5.74, 6) is 0.157. The van der Waals surface area contributed by atoms with Gasteiger partial charge in [0.05, 0.1) is 5.56 Å². The molecule has 4 heteroatoms. The summed E-state index contributed by atoms with van der Waals surface area (Å²) in [7, 11) is 0. The number of aromatic nitrogens is 1. The topological polar surface area (TPSA) is 51.3 Å². The van der Waals surface area contributed by atoms with Gasteiger partial charge >= 0.3 is 0 Å². The average molecular weight is 263 g/mol. The Bertz CT molecular complexity index is 492. The second-order valence-corrected chi connectivity index (χ2v) is 6.02. The summed E-state index contributed by atoms with van der Waals surface area (Å²) >= 11 is 0. The van der Waals surface area contributed by atoms with Crippen molar-refractivity contribution < 1.29 is 4.79 Å². The van der Waals surface area contributed by atoms with Gasteiger partial charge in [-0.25, -0.2) is 0 Å². The van der Waals surface area contributed by atoms with E-state index in [1.807, 2.05) is 17.9 Å². The van der Waals surface area contributed by atoms with Crippen LogP contribution in [0.25, 0.3) is 0 Å². The van der Waals surface area contributed by atoms with Crippen molar-refractivity contribution in [3.63, 3.8) is 0 Å². The molecule has 1 amide bonds. The molecule has 1 saturated heterocycles. The maximum Gasteiger partial charge on any atom is 0.255 e. The molecule has 0 spiro atoms. The van der Waals surface area contributed by atoms with Gasteiger partial charge in [-0.15, -0.1) is 0 Å². The lowest BCUT2D eigenvalue weighted by Crippen LogP contribution is -2.34. The van der Waals surface area contributed by atoms with E-state index in [2.05, 4.69) is 25.3 Å². The Morgan fingerprint density at radius 2 is 2.16 bits per heavy atom. The van der Waals surface area contributed by atoms with Crippen molar-refractivity contribution in [1.82, 2.24) is 9.47 Å². The molecule has 0 saturated carbocycles. The molecule has 2 N–H and O–H groups in total. The standard InChI is InChI=1S/C15H25N3O/c1-5-18-11(2)8-13(12(18)3)14(19)17-7-6-15(4,9-16)10-17/h8H,5-7,9-10,16H2,1-4H3. The van der Waals surface area contributed by atoms with E-state index in [9.17, 15) is 4.79 Å². The zero-order valence-electron chi connectivity index (χ0n) is 12.5. The van der Waals surface area contributed by atoms with E-state index in [4.69, 9.17) is 5.73 Å². The number of amides is 1. The van der Waals surface area contributed by atoms with E-state index >= 15 is 0 Å². The van der Waals surface area contributed by atoms with Gasteiger partial charge in [-0.3, -0.25) is 4.79 Å². The van der Waals surface area contributed by atoms with Crippen molar-refractivity contribution in [2.75, 3.05) is 19.6 Å². The largest absolute Gasteiger partial charge is 0.349 e. The van der Waals surface area contributed by atoms with Gasteiger partial charge in [-0.1, -0.05) is 6.92 Å². The number of hydrogen-bond donors (Lipinski definition) is 1. The minimum atomic E-state index is 0.0892. The Labute approximate surface area is 115 Å². The molecular weight excluding hydrogens is 238 g/mol. The van der Waals surface area contributed by atoms with E-state index < -0.39 is 0 Å². The van der Waals surface area contributed by atoms with E-state index in [0.29, 0.717) is 6.54 Å². The van der Waals surface area contributed by atoms with E-state index in [-0.39, 0.29) is 11.3 Å². The molecule has 2 rings (SSSR count). The van der Waals surface area contributed by atoms with Gasteiger partial charge < -0.3 is 15.2 Å². The lowest BCUT2D eigenvalue weighted by Gasteiger charge is -2.22. The predicted octanol–water partition coefficient (Wildman–Crippen LogP) is 1.94. The number of nitrogens with two attached hydrogens (primary N) is 1. The molecule has 2 heterocycles. The second kappa shape index (κ2) is 5.00. The van der Waals surface area contributed by atoms with E-state index in [1.165, 1.54) is 0 Å². The van der Waals surface area contributed by atoms with Crippen molar-refractivity contribution in [2.24, 2.45) is 11.1 Å². The fourth-order valence-electron chi connectivity index (χ4n) is 3.04. The Kier molecular flexibility index (Phi) is 3.72. The van der Waals surface area contributed by atoms with Crippen molar-refractivity contribution in [3.8, 4) is 0 Å². The van der Waals surface area contributed by atoms with Crippen LogP contribution in [0.1, 0.15) is 42.0 Å². The van der Waals surface area contributed by atoms with Crippen molar-refractivity contribution >= 4 is 5.91 Å². The number of aryl methyl sites for hydroxylation is 1. The quantitative estimate of drug-likeness (QED) is 0.906. The van der Waals surface area contributed by atoms with Crippen LogP contribution in [0.5, 0.6) is 0 Å². The SMILES string of the molecule is CCn1c(C)cc(C(=O)N2CCC(C)(CN)C2)c1C. The Morgan fingerprint density at radius 3 is 2.63 bits per heavy atom. The van der Waals surface area contributed by atoms with Crippen LogP contribution in [0.15, 0.2) is 6.07 Å². The summed E-state index contributed by atoms with van der Waals surface area (Å²) in [4.78, 5) is 14.6. The van der Waals surface area contributed by atoms with Gasteiger partial charge in [-0.2, -0.15) is 0 Å². The summed E-state index contributed by atoms with van der Waals surface area (Å²) in [5.41, 5.74) is 8.98. The molecule has 19 heavy (non-hydrogen) atoms. The summed E-state index contributed by atoms with van der Waals surface area (Å²) in [5, 5.41) is 0. The fourth-order valence-corrected chi connectivity index (χ4v) is 3.04. The number of nitrogens with zero attached hydrogens (tertiary/aromatic N) is 2. The highest BCUT2D eigenvalue weighted by atomic mass is 16.2. The van der Waals surface area contributed by atoms with Crippen LogP contribution in [0, 0.1) is 19.3 Å². The van der Waals surface area contributed by atoms with Gasteiger partial charge in [0.25, 0.3) is 5.91 Å². The third-order valence-electron chi connectivity index (χ3n) is 4.46. The lowest BCUT2D eigenvalue weighted by atomic mass is 9.90. The maximum absolute atomic E-state index is 12.6. The van der Waals surface area contributed by atoms with Crippen molar-refractivity contribution in [2.45, 2.75) is 40.7 Å². The molecule has 1 unspecified atom stereocenters. The van der Waals surface area contributed by atoms with Gasteiger partial charge in [0.1, 0.15) is 0 Å². The summed E-state index contributed by atoms with van der Waals surface area (Å²) in [6.45, 7) is 11.5. The molecule has 1 aromatic rings. The fraction of sp³-hybridized carbons (Fsp3) is 0.667. The average Bonchev–Trinajstić information content (AvgIpc) is 2.91. The molecule has 0 radical (unpaired) electrons. The summed E-state index contributed by atoms with van der Waals surface area (Å²) in [6.07, 6.45) is 1.00. The molecule has 1 aliphatic heterocycles. The summed E-state index contributed by atoms with van der Waals surface area (Å²) < 4.78 is 2.19. The first-order valence-electron chi connectivity index (χ1n) is 7.08. The zero-order chi connectivity index (χ0) is 14.2. The highest BCUT2D eigenvalue weighted by Gasteiger charge is 2.35. The van der Waals surface area contributed by atoms with Gasteiger partial charge in [0.2, 0.25) is 0 Å². The second-order valence-electron chi connectivity index (χ2n) is 6.02. The van der Waals surface area contributed by atoms with E-state index in [0.717, 1.165) is 43.0 Å². The molecular formula is C15H25N3O. The van der Waals surface area contributed by atoms with Crippen LogP contribution >= 0.6 is 0 Å². The normalized spacial score (nSPS) is 23.1. The Morgan fingerprint density at radius 1 is 1.47 bits per heavy atom. The number of hydrogen-bond acceptors (Lipinski definition) is 2. The van der Waals surface area contributed by atoms with Gasteiger partial charge in [0, 0.05) is 31.0 Å². The molecule has 1 aliphatic rings. The molecule has 1 aromatic heterocycles. The highest BCUT2D eigenvalue weighted by Crippen LogP contribution is 2.30. The zero-order valence-corrected chi connectivity index (χ0v) is 12.5. The van der Waals surface area contributed by atoms with Crippen LogP contribution in [-0.4, -0.2) is 35.0 Å². The molecule has 1 atom stereocenters. The third kappa shape index (κ3) is 2.41. The van der Waals surface area contributed by atoms with Crippen molar-refractivity contribution in [1.29, 1.82) is 0 Å². The lowest BCUT2D eigenvalue weighted by molar-refractivity contribution is 0.0776. The predicted molar refractivity (Wildman–Crippen MR) is 77.3 cm³/mol.